The van der Waals surface area contributed by atoms with E-state index >= 15 is 0 Å². The number of hydrogen-bond donors (Lipinski definition) is 2. The van der Waals surface area contributed by atoms with E-state index in [1.165, 1.54) is 14.0 Å². The summed E-state index contributed by atoms with van der Waals surface area (Å²) in [5.74, 6) is 0.440. The Labute approximate surface area is 108 Å². The lowest BCUT2D eigenvalue weighted by Crippen LogP contribution is -2.01. The molecule has 96 valence electrons. The minimum absolute atomic E-state index is 0.228. The van der Waals surface area contributed by atoms with E-state index in [4.69, 9.17) is 9.47 Å². The lowest BCUT2D eigenvalue weighted by Gasteiger charge is -2.10. The molecule has 0 saturated carbocycles. The number of methoxy groups -OCH3 is 1. The first-order valence-corrected chi connectivity index (χ1v) is 5.57. The van der Waals surface area contributed by atoms with Gasteiger partial charge in [-0.2, -0.15) is 0 Å². The molecule has 4 nitrogen and oxygen atoms in total. The molecule has 1 aromatic rings. The van der Waals surface area contributed by atoms with Crippen molar-refractivity contribution in [3.8, 4) is 5.75 Å². The van der Waals surface area contributed by atoms with E-state index < -0.39 is 0 Å². The highest BCUT2D eigenvalue weighted by atomic mass is 32.1. The summed E-state index contributed by atoms with van der Waals surface area (Å²) >= 11 is 4.35. The Bertz CT molecular complexity index is 380. The monoisotopic (exact) mass is 257 g/mol. The Morgan fingerprint density at radius 1 is 1.41 bits per heavy atom. The van der Waals surface area contributed by atoms with Crippen LogP contribution in [0.2, 0.25) is 0 Å². The van der Waals surface area contributed by atoms with Crippen LogP contribution in [0.1, 0.15) is 18.1 Å². The Morgan fingerprint density at radius 2 is 2.00 bits per heavy atom. The maximum atomic E-state index is 10.7. The minimum Gasteiger partial charge on any atom is -0.497 e. The van der Waals surface area contributed by atoms with Gasteiger partial charge >= 0.3 is 5.97 Å². The number of ether oxygens (including phenoxy) is 2. The molecule has 0 radical (unpaired) electrons. The van der Waals surface area contributed by atoms with Crippen molar-refractivity contribution in [3.63, 3.8) is 0 Å². The highest BCUT2D eigenvalue weighted by molar-refractivity contribution is 7.80. The molecule has 0 amide bonds. The summed E-state index contributed by atoms with van der Waals surface area (Å²) in [6.07, 6.45) is 0. The van der Waals surface area contributed by atoms with Crippen LogP contribution in [0, 0.1) is 6.92 Å². The lowest BCUT2D eigenvalue weighted by atomic mass is 10.1. The van der Waals surface area contributed by atoms with E-state index in [9.17, 15) is 4.79 Å². The van der Waals surface area contributed by atoms with Crippen molar-refractivity contribution in [3.05, 3.63) is 23.3 Å². The van der Waals surface area contributed by atoms with Gasteiger partial charge in [0.25, 0.3) is 0 Å². The van der Waals surface area contributed by atoms with Gasteiger partial charge in [-0.15, -0.1) is 12.6 Å². The molecule has 0 aromatic heterocycles. The first-order valence-electron chi connectivity index (χ1n) is 5.12. The molecule has 0 atom stereocenters. The number of esters is 1. The van der Waals surface area contributed by atoms with E-state index in [0.717, 1.165) is 21.8 Å². The third-order valence-corrected chi connectivity index (χ3v) is 2.66. The molecule has 17 heavy (non-hydrogen) atoms. The van der Waals surface area contributed by atoms with E-state index in [1.807, 2.05) is 19.1 Å². The highest BCUT2D eigenvalue weighted by Gasteiger charge is 2.06. The van der Waals surface area contributed by atoms with Gasteiger partial charge in [0.05, 0.1) is 7.11 Å². The standard InChI is InChI=1S/C11H14O3S.CH5N/c1-7-4-10(13-3)5-9(11(7)15)6-14-8(2)12;1-2/h4-5,15H,6H2,1-3H3;2H2,1H3. The molecule has 2 N–H and O–H groups in total. The van der Waals surface area contributed by atoms with Gasteiger partial charge in [-0.05, 0) is 31.7 Å². The molecule has 1 rings (SSSR count). The summed E-state index contributed by atoms with van der Waals surface area (Å²) < 4.78 is 10.0. The van der Waals surface area contributed by atoms with Crippen LogP contribution in [0.3, 0.4) is 0 Å². The second-order valence-electron chi connectivity index (χ2n) is 3.23. The quantitative estimate of drug-likeness (QED) is 0.641. The largest absolute Gasteiger partial charge is 0.497 e. The van der Waals surface area contributed by atoms with Gasteiger partial charge in [0.2, 0.25) is 0 Å². The Balaban J connectivity index is 0.00000121. The first kappa shape index (κ1) is 15.8. The Kier molecular flexibility index (Phi) is 7.41. The number of hydrogen-bond acceptors (Lipinski definition) is 5. The van der Waals surface area contributed by atoms with Crippen LogP contribution in [0.25, 0.3) is 0 Å². The normalized spacial score (nSPS) is 9.06. The average Bonchev–Trinajstić information content (AvgIpc) is 2.33. The molecule has 0 unspecified atom stereocenters. The first-order chi connectivity index (χ1) is 8.04. The summed E-state index contributed by atoms with van der Waals surface area (Å²) in [6, 6.07) is 3.71. The summed E-state index contributed by atoms with van der Waals surface area (Å²) in [6.45, 7) is 3.54. The van der Waals surface area contributed by atoms with Gasteiger partial charge in [0, 0.05) is 17.4 Å². The van der Waals surface area contributed by atoms with E-state index in [2.05, 4.69) is 18.4 Å². The van der Waals surface area contributed by atoms with Crippen molar-refractivity contribution in [2.45, 2.75) is 25.3 Å². The van der Waals surface area contributed by atoms with Crippen molar-refractivity contribution in [1.29, 1.82) is 0 Å². The topological polar surface area (TPSA) is 61.6 Å². The number of carbonyl (C=O) groups is 1. The van der Waals surface area contributed by atoms with Gasteiger partial charge in [-0.25, -0.2) is 0 Å². The number of aryl methyl sites for hydroxylation is 1. The number of carbonyl (C=O) groups excluding carboxylic acids is 1. The number of thiol groups is 1. The van der Waals surface area contributed by atoms with Gasteiger partial charge < -0.3 is 15.2 Å². The maximum absolute atomic E-state index is 10.7. The van der Waals surface area contributed by atoms with Gasteiger partial charge in [-0.3, -0.25) is 4.79 Å². The molecule has 5 heteroatoms. The summed E-state index contributed by atoms with van der Waals surface area (Å²) in [7, 11) is 3.10. The summed E-state index contributed by atoms with van der Waals surface area (Å²) in [5.41, 5.74) is 6.35. The zero-order valence-corrected chi connectivity index (χ0v) is 11.5. The molecule has 0 fully saturated rings. The molecule has 0 bridgehead atoms. The number of rotatable bonds is 3. The smallest absolute Gasteiger partial charge is 0.302 e. The third-order valence-electron chi connectivity index (χ3n) is 2.02. The van der Waals surface area contributed by atoms with Crippen molar-refractivity contribution < 1.29 is 14.3 Å². The van der Waals surface area contributed by atoms with Crippen LogP contribution in [-0.2, 0) is 16.1 Å². The van der Waals surface area contributed by atoms with Gasteiger partial charge in [0.15, 0.2) is 0 Å². The van der Waals surface area contributed by atoms with Crippen molar-refractivity contribution in [2.75, 3.05) is 14.2 Å². The van der Waals surface area contributed by atoms with Gasteiger partial charge in [0.1, 0.15) is 12.4 Å². The summed E-state index contributed by atoms with van der Waals surface area (Å²) in [5, 5.41) is 0. The van der Waals surface area contributed by atoms with Crippen molar-refractivity contribution in [1.82, 2.24) is 0 Å². The number of nitrogens with two attached hydrogens (primary N) is 1. The Hall–Kier alpha value is -1.20. The van der Waals surface area contributed by atoms with Gasteiger partial charge in [-0.1, -0.05) is 0 Å². The predicted molar refractivity (Wildman–Crippen MR) is 70.6 cm³/mol. The molecule has 0 aliphatic heterocycles. The SMILES string of the molecule is CN.COc1cc(C)c(S)c(COC(C)=O)c1. The molecule has 0 heterocycles. The molecular weight excluding hydrogens is 238 g/mol. The van der Waals surface area contributed by atoms with E-state index in [1.54, 1.807) is 7.11 Å². The average molecular weight is 257 g/mol. The summed E-state index contributed by atoms with van der Waals surface area (Å²) in [4.78, 5) is 11.5. The van der Waals surface area contributed by atoms with E-state index in [-0.39, 0.29) is 12.6 Å². The molecule has 1 aromatic carbocycles. The maximum Gasteiger partial charge on any atom is 0.302 e. The van der Waals surface area contributed by atoms with Crippen molar-refractivity contribution in [2.24, 2.45) is 5.73 Å². The fraction of sp³-hybridized carbons (Fsp3) is 0.417. The van der Waals surface area contributed by atoms with Crippen LogP contribution in [-0.4, -0.2) is 20.1 Å². The van der Waals surface area contributed by atoms with Crippen LogP contribution in [0.5, 0.6) is 5.75 Å². The zero-order valence-electron chi connectivity index (χ0n) is 10.6. The van der Waals surface area contributed by atoms with Crippen molar-refractivity contribution >= 4 is 18.6 Å². The Morgan fingerprint density at radius 3 is 2.47 bits per heavy atom. The minimum atomic E-state index is -0.303. The molecule has 0 spiro atoms. The van der Waals surface area contributed by atoms with Crippen LogP contribution in [0.4, 0.5) is 0 Å². The predicted octanol–water partition coefficient (Wildman–Crippen LogP) is 1.93. The second-order valence-corrected chi connectivity index (χ2v) is 3.68. The van der Waals surface area contributed by atoms with Crippen LogP contribution < -0.4 is 10.5 Å². The molecule has 0 aliphatic carbocycles. The highest BCUT2D eigenvalue weighted by Crippen LogP contribution is 2.25. The molecular formula is C12H19NO3S. The number of benzene rings is 1. The third kappa shape index (κ3) is 5.10. The zero-order chi connectivity index (χ0) is 13.4. The lowest BCUT2D eigenvalue weighted by molar-refractivity contribution is -0.142. The second kappa shape index (κ2) is 7.97. The van der Waals surface area contributed by atoms with E-state index in [0.29, 0.717) is 0 Å². The molecule has 0 aliphatic rings. The van der Waals surface area contributed by atoms with Crippen LogP contribution >= 0.6 is 12.6 Å². The fourth-order valence-corrected chi connectivity index (χ4v) is 1.42. The molecule has 0 saturated heterocycles. The fourth-order valence-electron chi connectivity index (χ4n) is 1.22. The van der Waals surface area contributed by atoms with Crippen LogP contribution in [0.15, 0.2) is 17.0 Å².